The monoisotopic (exact) mass is 383 g/mol. The predicted molar refractivity (Wildman–Crippen MR) is 98.3 cm³/mol. The van der Waals surface area contributed by atoms with E-state index < -0.39 is 11.9 Å². The Morgan fingerprint density at radius 3 is 1.65 bits per heavy atom. The third kappa shape index (κ3) is 12.4. The number of unbranched alkanes of at least 4 members (excludes halogenated alkanes) is 8. The summed E-state index contributed by atoms with van der Waals surface area (Å²) in [6, 6.07) is 4.12. The standard InChI is InChI=1S/C19H29NO4.2Na.2H/c1-2-3-4-5-6-7-8-9-10-11-20-17-13-15(18(21)22)12-16(14-17)19(23)24;;;;/h12-14,20H,2-11H2,1H3,(H,21,22)(H,23,24);;;;/q;2*+1;2*-1. The maximum atomic E-state index is 11.0. The van der Waals surface area contributed by atoms with Crippen molar-refractivity contribution < 1.29 is 81.8 Å². The molecule has 0 bridgehead atoms. The summed E-state index contributed by atoms with van der Waals surface area (Å²) < 4.78 is 0. The van der Waals surface area contributed by atoms with Crippen LogP contribution in [0.5, 0.6) is 0 Å². The minimum Gasteiger partial charge on any atom is -1.00 e. The molecular formula is C19H31NNa2O4. The zero-order chi connectivity index (χ0) is 17.8. The van der Waals surface area contributed by atoms with Gasteiger partial charge in [0.05, 0.1) is 11.1 Å². The van der Waals surface area contributed by atoms with Crippen molar-refractivity contribution in [2.45, 2.75) is 64.7 Å². The van der Waals surface area contributed by atoms with E-state index in [2.05, 4.69) is 12.2 Å². The molecule has 0 fully saturated rings. The molecule has 5 nitrogen and oxygen atoms in total. The number of aromatic carboxylic acids is 2. The van der Waals surface area contributed by atoms with Crippen LogP contribution < -0.4 is 64.4 Å². The molecule has 0 radical (unpaired) electrons. The van der Waals surface area contributed by atoms with Gasteiger partial charge in [-0.1, -0.05) is 58.3 Å². The van der Waals surface area contributed by atoms with Gasteiger partial charge < -0.3 is 18.4 Å². The fourth-order valence-corrected chi connectivity index (χ4v) is 2.64. The van der Waals surface area contributed by atoms with E-state index in [9.17, 15) is 9.59 Å². The van der Waals surface area contributed by atoms with Crippen molar-refractivity contribution in [2.75, 3.05) is 11.9 Å². The second-order valence-corrected chi connectivity index (χ2v) is 6.16. The number of carboxylic acids is 2. The second kappa shape index (κ2) is 17.1. The van der Waals surface area contributed by atoms with E-state index in [0.29, 0.717) is 5.69 Å². The second-order valence-electron chi connectivity index (χ2n) is 6.16. The fourth-order valence-electron chi connectivity index (χ4n) is 2.64. The maximum Gasteiger partial charge on any atom is 1.00 e. The van der Waals surface area contributed by atoms with Crippen molar-refractivity contribution in [1.29, 1.82) is 0 Å². The van der Waals surface area contributed by atoms with Crippen molar-refractivity contribution in [1.82, 2.24) is 0 Å². The van der Waals surface area contributed by atoms with Crippen molar-refractivity contribution in [3.05, 3.63) is 29.3 Å². The molecular weight excluding hydrogens is 352 g/mol. The molecule has 1 rings (SSSR count). The van der Waals surface area contributed by atoms with E-state index in [-0.39, 0.29) is 73.1 Å². The third-order valence-corrected chi connectivity index (χ3v) is 4.04. The van der Waals surface area contributed by atoms with Crippen LogP contribution in [0.4, 0.5) is 5.69 Å². The van der Waals surface area contributed by atoms with Crippen molar-refractivity contribution >= 4 is 17.6 Å². The smallest absolute Gasteiger partial charge is 1.00 e. The van der Waals surface area contributed by atoms with E-state index in [4.69, 9.17) is 10.2 Å². The van der Waals surface area contributed by atoms with Crippen molar-refractivity contribution in [2.24, 2.45) is 0 Å². The first-order valence-electron chi connectivity index (χ1n) is 8.90. The van der Waals surface area contributed by atoms with Gasteiger partial charge in [0.1, 0.15) is 0 Å². The third-order valence-electron chi connectivity index (χ3n) is 4.04. The number of hydrogen-bond acceptors (Lipinski definition) is 3. The molecule has 1 aromatic carbocycles. The molecule has 138 valence electrons. The van der Waals surface area contributed by atoms with Crippen LogP contribution in [0.1, 0.15) is 88.3 Å². The number of carbonyl (C=O) groups is 2. The first kappa shape index (κ1) is 28.2. The first-order chi connectivity index (χ1) is 11.5. The molecule has 0 unspecified atom stereocenters. The van der Waals surface area contributed by atoms with Gasteiger partial charge in [-0.15, -0.1) is 0 Å². The summed E-state index contributed by atoms with van der Waals surface area (Å²) in [6.07, 6.45) is 11.2. The van der Waals surface area contributed by atoms with Crippen LogP contribution in [0.2, 0.25) is 0 Å². The van der Waals surface area contributed by atoms with Crippen LogP contribution >= 0.6 is 0 Å². The first-order valence-corrected chi connectivity index (χ1v) is 8.90. The number of rotatable bonds is 13. The van der Waals surface area contributed by atoms with Gasteiger partial charge in [0.15, 0.2) is 0 Å². The largest absolute Gasteiger partial charge is 1.00 e. The molecule has 7 heteroatoms. The van der Waals surface area contributed by atoms with Crippen LogP contribution in [-0.4, -0.2) is 28.7 Å². The zero-order valence-corrected chi connectivity index (χ0v) is 20.5. The fraction of sp³-hybridized carbons (Fsp3) is 0.579. The summed E-state index contributed by atoms with van der Waals surface area (Å²) in [5, 5.41) is 21.2. The number of hydrogen-bond donors (Lipinski definition) is 3. The van der Waals surface area contributed by atoms with Crippen LogP contribution in [0, 0.1) is 0 Å². The Morgan fingerprint density at radius 2 is 1.23 bits per heavy atom. The molecule has 0 spiro atoms. The van der Waals surface area contributed by atoms with Gasteiger partial charge in [0.25, 0.3) is 0 Å². The van der Waals surface area contributed by atoms with Gasteiger partial charge in [-0.2, -0.15) is 0 Å². The summed E-state index contributed by atoms with van der Waals surface area (Å²) in [6.45, 7) is 2.94. The Morgan fingerprint density at radius 1 is 0.808 bits per heavy atom. The van der Waals surface area contributed by atoms with Gasteiger partial charge in [-0.3, -0.25) is 0 Å². The minimum atomic E-state index is -1.12. The molecule has 0 atom stereocenters. The van der Waals surface area contributed by atoms with E-state index in [1.54, 1.807) is 0 Å². The van der Waals surface area contributed by atoms with Gasteiger partial charge in [-0.25, -0.2) is 9.59 Å². The topological polar surface area (TPSA) is 86.6 Å². The normalized spacial score (nSPS) is 9.73. The molecule has 0 aliphatic rings. The van der Waals surface area contributed by atoms with Gasteiger partial charge in [0.2, 0.25) is 0 Å². The van der Waals surface area contributed by atoms with Crippen LogP contribution in [0.15, 0.2) is 18.2 Å². The number of anilines is 1. The Balaban J connectivity index is -0.000000720. The van der Waals surface area contributed by atoms with Crippen LogP contribution in [0.25, 0.3) is 0 Å². The Bertz CT molecular complexity index is 516. The molecule has 0 amide bonds. The molecule has 0 aliphatic heterocycles. The Hall–Kier alpha value is -0.0400. The van der Waals surface area contributed by atoms with E-state index >= 15 is 0 Å². The van der Waals surface area contributed by atoms with E-state index in [0.717, 1.165) is 19.4 Å². The molecule has 3 N–H and O–H groups in total. The van der Waals surface area contributed by atoms with Crippen LogP contribution in [0.3, 0.4) is 0 Å². The minimum absolute atomic E-state index is 0. The maximum absolute atomic E-state index is 11.0. The van der Waals surface area contributed by atoms with Gasteiger partial charge in [0, 0.05) is 12.2 Å². The average Bonchev–Trinajstić information content (AvgIpc) is 2.56. The molecule has 0 saturated carbocycles. The van der Waals surface area contributed by atoms with E-state index in [1.165, 1.54) is 63.1 Å². The summed E-state index contributed by atoms with van der Waals surface area (Å²) in [7, 11) is 0. The van der Waals surface area contributed by atoms with E-state index in [1.807, 2.05) is 0 Å². The average molecular weight is 383 g/mol. The Labute approximate surface area is 203 Å². The van der Waals surface area contributed by atoms with Crippen molar-refractivity contribution in [3.63, 3.8) is 0 Å². The summed E-state index contributed by atoms with van der Waals surface area (Å²) >= 11 is 0. The molecule has 0 heterocycles. The zero-order valence-electron chi connectivity index (χ0n) is 18.5. The summed E-state index contributed by atoms with van der Waals surface area (Å²) in [5.41, 5.74) is 0.529. The Kier molecular flexibility index (Phi) is 18.5. The predicted octanol–water partition coefficient (Wildman–Crippen LogP) is -0.741. The van der Waals surface area contributed by atoms with Gasteiger partial charge >= 0.3 is 71.1 Å². The molecule has 0 saturated heterocycles. The molecule has 0 aromatic heterocycles. The molecule has 0 aliphatic carbocycles. The molecule has 26 heavy (non-hydrogen) atoms. The molecule has 1 aromatic rings. The number of carboxylic acid groups (broad SMARTS) is 2. The van der Waals surface area contributed by atoms with Crippen LogP contribution in [-0.2, 0) is 0 Å². The SMILES string of the molecule is CCCCCCCCCCCNc1cc(C(=O)O)cc(C(=O)O)c1.[H-].[H-].[Na+].[Na+]. The summed E-state index contributed by atoms with van der Waals surface area (Å²) in [4.78, 5) is 22.1. The quantitative estimate of drug-likeness (QED) is 0.309. The number of nitrogens with one attached hydrogen (secondary N) is 1. The number of benzene rings is 1. The van der Waals surface area contributed by atoms with Gasteiger partial charge in [-0.05, 0) is 24.6 Å². The van der Waals surface area contributed by atoms with Crippen molar-refractivity contribution in [3.8, 4) is 0 Å². The summed E-state index contributed by atoms with van der Waals surface area (Å²) in [5.74, 6) is -2.24.